The second kappa shape index (κ2) is 7.23. The number of piperazine rings is 1. The first-order chi connectivity index (χ1) is 11.0. The molecular weight excluding hydrogens is 282 g/mol. The molecule has 2 heterocycles. The average molecular weight is 316 g/mol. The van der Waals surface area contributed by atoms with Gasteiger partial charge in [-0.15, -0.1) is 0 Å². The van der Waals surface area contributed by atoms with E-state index in [9.17, 15) is 0 Å². The molecule has 0 aliphatic carbocycles. The largest absolute Gasteiger partial charge is 0.369 e. The number of aryl methyl sites for hydroxylation is 1. The topological polar surface area (TPSA) is 18.5 Å². The van der Waals surface area contributed by atoms with Crippen molar-refractivity contribution < 1.29 is 0 Å². The third kappa shape index (κ3) is 3.89. The first kappa shape index (κ1) is 16.8. The molecule has 3 heteroatoms. The van der Waals surface area contributed by atoms with E-state index in [2.05, 4.69) is 61.0 Å². The summed E-state index contributed by atoms with van der Waals surface area (Å²) in [7, 11) is 0. The van der Waals surface area contributed by atoms with Crippen LogP contribution in [0.15, 0.2) is 18.2 Å². The van der Waals surface area contributed by atoms with Crippen LogP contribution in [0.5, 0.6) is 0 Å². The van der Waals surface area contributed by atoms with Gasteiger partial charge in [0, 0.05) is 44.0 Å². The maximum atomic E-state index is 3.71. The van der Waals surface area contributed by atoms with E-state index >= 15 is 0 Å². The van der Waals surface area contributed by atoms with Crippen LogP contribution in [0.25, 0.3) is 0 Å². The lowest BCUT2D eigenvalue weighted by atomic mass is 9.91. The third-order valence-corrected chi connectivity index (χ3v) is 5.67. The molecule has 0 bridgehead atoms. The van der Waals surface area contributed by atoms with Gasteiger partial charge in [0.15, 0.2) is 0 Å². The lowest BCUT2D eigenvalue weighted by Crippen LogP contribution is -2.49. The summed E-state index contributed by atoms with van der Waals surface area (Å²) in [6, 6.07) is 8.34. The van der Waals surface area contributed by atoms with E-state index in [-0.39, 0.29) is 0 Å². The van der Waals surface area contributed by atoms with Crippen molar-refractivity contribution in [2.45, 2.75) is 52.6 Å². The van der Waals surface area contributed by atoms with Gasteiger partial charge in [0.1, 0.15) is 0 Å². The zero-order valence-electron chi connectivity index (χ0n) is 15.3. The predicted molar refractivity (Wildman–Crippen MR) is 99.2 cm³/mol. The van der Waals surface area contributed by atoms with Gasteiger partial charge in [-0.1, -0.05) is 19.1 Å². The Kier molecular flexibility index (Phi) is 5.27. The van der Waals surface area contributed by atoms with E-state index in [1.54, 1.807) is 0 Å². The lowest BCUT2D eigenvalue weighted by molar-refractivity contribution is 0.209. The molecule has 1 aromatic rings. The molecule has 128 valence electrons. The minimum atomic E-state index is 0.553. The van der Waals surface area contributed by atoms with Gasteiger partial charge >= 0.3 is 0 Å². The zero-order valence-corrected chi connectivity index (χ0v) is 15.3. The van der Waals surface area contributed by atoms with Crippen LogP contribution in [0, 0.1) is 12.8 Å². The number of nitrogens with zero attached hydrogens (tertiary/aromatic N) is 2. The van der Waals surface area contributed by atoms with Gasteiger partial charge in [0.2, 0.25) is 0 Å². The van der Waals surface area contributed by atoms with E-state index in [1.165, 1.54) is 42.7 Å². The van der Waals surface area contributed by atoms with E-state index in [4.69, 9.17) is 0 Å². The molecule has 2 saturated heterocycles. The Morgan fingerprint density at radius 3 is 2.39 bits per heavy atom. The normalized spacial score (nSPS) is 26.7. The van der Waals surface area contributed by atoms with Gasteiger partial charge in [-0.3, -0.25) is 4.90 Å². The van der Waals surface area contributed by atoms with Crippen molar-refractivity contribution in [3.63, 3.8) is 0 Å². The van der Waals surface area contributed by atoms with Crippen molar-refractivity contribution >= 4 is 5.69 Å². The van der Waals surface area contributed by atoms with E-state index in [1.807, 2.05) is 0 Å². The van der Waals surface area contributed by atoms with Crippen LogP contribution < -0.4 is 10.2 Å². The maximum absolute atomic E-state index is 3.71. The summed E-state index contributed by atoms with van der Waals surface area (Å²) >= 11 is 0. The van der Waals surface area contributed by atoms with Crippen LogP contribution in [0.1, 0.15) is 50.8 Å². The molecule has 1 aromatic carbocycles. The molecule has 0 saturated carbocycles. The number of hydrogen-bond donors (Lipinski definition) is 1. The molecule has 0 amide bonds. The number of nitrogens with one attached hydrogen (secondary N) is 1. The lowest BCUT2D eigenvalue weighted by Gasteiger charge is -2.39. The molecule has 2 fully saturated rings. The molecule has 0 aromatic heterocycles. The molecule has 0 unspecified atom stereocenters. The zero-order chi connectivity index (χ0) is 16.4. The smallest absolute Gasteiger partial charge is 0.0397 e. The molecule has 23 heavy (non-hydrogen) atoms. The van der Waals surface area contributed by atoms with Gasteiger partial charge in [0.25, 0.3) is 0 Å². The summed E-state index contributed by atoms with van der Waals surface area (Å²) in [6.07, 6.45) is 2.61. The Labute approximate surface area is 142 Å². The Hall–Kier alpha value is -1.06. The number of rotatable bonds is 3. The standard InChI is InChI=1S/C20H33N3/c1-15(2)22-9-11-23(12-10-22)20-8-6-18(13-17(20)4)19-7-5-16(3)14-21-19/h6,8,13,15-16,19,21H,5,7,9-12,14H2,1-4H3/t16-,19+/m0/s1. The summed E-state index contributed by atoms with van der Waals surface area (Å²) < 4.78 is 0. The molecule has 2 atom stereocenters. The second-order valence-corrected chi connectivity index (χ2v) is 7.81. The Bertz CT molecular complexity index is 510. The first-order valence-corrected chi connectivity index (χ1v) is 9.37. The molecule has 0 radical (unpaired) electrons. The summed E-state index contributed by atoms with van der Waals surface area (Å²) in [4.78, 5) is 5.14. The van der Waals surface area contributed by atoms with Crippen molar-refractivity contribution in [3.05, 3.63) is 29.3 Å². The van der Waals surface area contributed by atoms with Gasteiger partial charge in [-0.05, 0) is 63.3 Å². The fraction of sp³-hybridized carbons (Fsp3) is 0.700. The molecule has 2 aliphatic heterocycles. The second-order valence-electron chi connectivity index (χ2n) is 7.81. The summed E-state index contributed by atoms with van der Waals surface area (Å²) in [5, 5.41) is 3.71. The molecular formula is C20H33N3. The number of hydrogen-bond acceptors (Lipinski definition) is 3. The number of piperidine rings is 1. The fourth-order valence-corrected chi connectivity index (χ4v) is 4.01. The highest BCUT2D eigenvalue weighted by molar-refractivity contribution is 5.55. The van der Waals surface area contributed by atoms with Crippen LogP contribution in [-0.4, -0.2) is 43.7 Å². The van der Waals surface area contributed by atoms with Gasteiger partial charge in [0.05, 0.1) is 0 Å². The van der Waals surface area contributed by atoms with Crippen molar-refractivity contribution in [3.8, 4) is 0 Å². The maximum Gasteiger partial charge on any atom is 0.0397 e. The number of anilines is 1. The summed E-state index contributed by atoms with van der Waals surface area (Å²) in [6.45, 7) is 15.0. The molecule has 0 spiro atoms. The van der Waals surface area contributed by atoms with Gasteiger partial charge in [-0.2, -0.15) is 0 Å². The quantitative estimate of drug-likeness (QED) is 0.919. The highest BCUT2D eigenvalue weighted by atomic mass is 15.3. The molecule has 3 nitrogen and oxygen atoms in total. The Morgan fingerprint density at radius 1 is 1.09 bits per heavy atom. The first-order valence-electron chi connectivity index (χ1n) is 9.37. The van der Waals surface area contributed by atoms with Crippen LogP contribution in [0.2, 0.25) is 0 Å². The summed E-state index contributed by atoms with van der Waals surface area (Å²) in [5.74, 6) is 0.823. The predicted octanol–water partition coefficient (Wildman–Crippen LogP) is 3.59. The van der Waals surface area contributed by atoms with E-state index in [0.717, 1.165) is 25.6 Å². The van der Waals surface area contributed by atoms with Crippen LogP contribution in [0.4, 0.5) is 5.69 Å². The minimum Gasteiger partial charge on any atom is -0.369 e. The Morgan fingerprint density at radius 2 is 1.83 bits per heavy atom. The third-order valence-electron chi connectivity index (χ3n) is 5.67. The van der Waals surface area contributed by atoms with E-state index in [0.29, 0.717) is 12.1 Å². The SMILES string of the molecule is Cc1cc([C@H]2CC[C@H](C)CN2)ccc1N1CCN(C(C)C)CC1. The monoisotopic (exact) mass is 315 g/mol. The Balaban J connectivity index is 1.66. The number of benzene rings is 1. The minimum absolute atomic E-state index is 0.553. The van der Waals surface area contributed by atoms with Crippen molar-refractivity contribution in [1.82, 2.24) is 10.2 Å². The fourth-order valence-electron chi connectivity index (χ4n) is 4.01. The van der Waals surface area contributed by atoms with Crippen LogP contribution in [-0.2, 0) is 0 Å². The van der Waals surface area contributed by atoms with Crippen molar-refractivity contribution in [1.29, 1.82) is 0 Å². The summed E-state index contributed by atoms with van der Waals surface area (Å²) in [5.41, 5.74) is 4.33. The van der Waals surface area contributed by atoms with E-state index < -0.39 is 0 Å². The molecule has 3 rings (SSSR count). The highest BCUT2D eigenvalue weighted by Crippen LogP contribution is 2.30. The van der Waals surface area contributed by atoms with Crippen molar-refractivity contribution in [2.75, 3.05) is 37.6 Å². The van der Waals surface area contributed by atoms with Crippen LogP contribution in [0.3, 0.4) is 0 Å². The molecule has 2 aliphatic rings. The van der Waals surface area contributed by atoms with Gasteiger partial charge in [-0.25, -0.2) is 0 Å². The highest BCUT2D eigenvalue weighted by Gasteiger charge is 2.22. The van der Waals surface area contributed by atoms with Gasteiger partial charge < -0.3 is 10.2 Å². The average Bonchev–Trinajstić information content (AvgIpc) is 2.55. The van der Waals surface area contributed by atoms with Crippen LogP contribution >= 0.6 is 0 Å². The molecule has 1 N–H and O–H groups in total. The van der Waals surface area contributed by atoms with Crippen molar-refractivity contribution in [2.24, 2.45) is 5.92 Å².